The Hall–Kier alpha value is -0.830. The number of carbonyl (C=O) groups is 1. The summed E-state index contributed by atoms with van der Waals surface area (Å²) < 4.78 is 0. The van der Waals surface area contributed by atoms with Crippen molar-refractivity contribution in [3.05, 3.63) is 12.2 Å². The zero-order valence-corrected chi connectivity index (χ0v) is 9.22. The highest BCUT2D eigenvalue weighted by Gasteiger charge is 2.31. The van der Waals surface area contributed by atoms with Gasteiger partial charge < -0.3 is 0 Å². The van der Waals surface area contributed by atoms with Gasteiger partial charge in [-0.3, -0.25) is 9.80 Å². The van der Waals surface area contributed by atoms with E-state index in [-0.39, 0.29) is 11.4 Å². The fraction of sp³-hybridized carbons (Fsp3) is 0.700. The lowest BCUT2D eigenvalue weighted by Gasteiger charge is -2.38. The predicted molar refractivity (Wildman–Crippen MR) is 54.8 cm³/mol. The van der Waals surface area contributed by atoms with E-state index < -0.39 is 0 Å². The first-order valence-corrected chi connectivity index (χ1v) is 4.46. The van der Waals surface area contributed by atoms with Gasteiger partial charge in [0.1, 0.15) is 0 Å². The van der Waals surface area contributed by atoms with Crippen molar-refractivity contribution in [2.24, 2.45) is 11.8 Å². The minimum Gasteiger partial charge on any atom is -0.271 e. The Morgan fingerprint density at radius 1 is 1.46 bits per heavy atom. The van der Waals surface area contributed by atoms with Crippen LogP contribution in [0.2, 0.25) is 0 Å². The number of rotatable bonds is 3. The average molecular weight is 184 g/mol. The quantitative estimate of drug-likeness (QED) is 0.314. The molecule has 0 aromatic carbocycles. The van der Waals surface area contributed by atoms with Crippen LogP contribution in [0.4, 0.5) is 0 Å². The molecule has 0 fully saturated rings. The Kier molecular flexibility index (Phi) is 3.67. The molecule has 2 N–H and O–H groups in total. The van der Waals surface area contributed by atoms with E-state index in [2.05, 4.69) is 6.58 Å². The minimum absolute atomic E-state index is 0.196. The van der Waals surface area contributed by atoms with Gasteiger partial charge in [0, 0.05) is 5.57 Å². The molecule has 3 nitrogen and oxygen atoms in total. The third kappa shape index (κ3) is 2.56. The maximum absolute atomic E-state index is 11.5. The van der Waals surface area contributed by atoms with Crippen molar-refractivity contribution >= 4 is 5.91 Å². The van der Waals surface area contributed by atoms with Gasteiger partial charge in [-0.2, -0.15) is 0 Å². The smallest absolute Gasteiger partial charge is 0.263 e. The molecule has 0 saturated heterocycles. The van der Waals surface area contributed by atoms with Crippen LogP contribution in [0.5, 0.6) is 0 Å². The minimum atomic E-state index is -0.337. The third-order valence-corrected chi connectivity index (χ3v) is 2.62. The van der Waals surface area contributed by atoms with Crippen molar-refractivity contribution < 1.29 is 4.79 Å². The number of hydrazine groups is 1. The van der Waals surface area contributed by atoms with Crippen molar-refractivity contribution in [2.75, 3.05) is 0 Å². The molecular formula is C10H20N2O. The highest BCUT2D eigenvalue weighted by atomic mass is 16.2. The van der Waals surface area contributed by atoms with E-state index in [1.807, 2.05) is 27.7 Å². The number of hydrogen-bond acceptors (Lipinski definition) is 2. The summed E-state index contributed by atoms with van der Waals surface area (Å²) in [5, 5.41) is 1.26. The summed E-state index contributed by atoms with van der Waals surface area (Å²) in [5.41, 5.74) is 0.131. The Bertz CT molecular complexity index is 219. The molecule has 0 bridgehead atoms. The molecule has 0 aromatic heterocycles. The second-order valence-corrected chi connectivity index (χ2v) is 4.26. The van der Waals surface area contributed by atoms with Crippen LogP contribution < -0.4 is 5.84 Å². The zero-order valence-electron chi connectivity index (χ0n) is 9.22. The van der Waals surface area contributed by atoms with Crippen LogP contribution in [0.1, 0.15) is 34.6 Å². The first kappa shape index (κ1) is 12.2. The molecule has 0 aliphatic heterocycles. The van der Waals surface area contributed by atoms with Gasteiger partial charge in [-0.05, 0) is 26.7 Å². The van der Waals surface area contributed by atoms with E-state index in [4.69, 9.17) is 5.84 Å². The van der Waals surface area contributed by atoms with Gasteiger partial charge in [0.15, 0.2) is 0 Å². The van der Waals surface area contributed by atoms with E-state index >= 15 is 0 Å². The first-order valence-electron chi connectivity index (χ1n) is 4.46. The Balaban J connectivity index is 4.68. The van der Waals surface area contributed by atoms with E-state index in [1.165, 1.54) is 5.01 Å². The number of amides is 1. The molecule has 0 heterocycles. The summed E-state index contributed by atoms with van der Waals surface area (Å²) >= 11 is 0. The van der Waals surface area contributed by atoms with Crippen LogP contribution in [0.25, 0.3) is 0 Å². The van der Waals surface area contributed by atoms with Crippen molar-refractivity contribution in [3.63, 3.8) is 0 Å². The van der Waals surface area contributed by atoms with Crippen LogP contribution >= 0.6 is 0 Å². The maximum Gasteiger partial charge on any atom is 0.263 e. The average Bonchev–Trinajstić information content (AvgIpc) is 2.01. The normalized spacial score (nSPS) is 11.6. The molecule has 0 aromatic rings. The lowest BCUT2D eigenvalue weighted by Crippen LogP contribution is -2.55. The van der Waals surface area contributed by atoms with Gasteiger partial charge in [-0.1, -0.05) is 20.4 Å². The van der Waals surface area contributed by atoms with Gasteiger partial charge in [-0.15, -0.1) is 0 Å². The van der Waals surface area contributed by atoms with E-state index in [1.54, 1.807) is 6.92 Å². The van der Waals surface area contributed by atoms with Crippen molar-refractivity contribution in [1.82, 2.24) is 5.01 Å². The van der Waals surface area contributed by atoms with Gasteiger partial charge in [-0.25, -0.2) is 5.84 Å². The molecule has 1 amide bonds. The second-order valence-electron chi connectivity index (χ2n) is 4.26. The number of nitrogens with two attached hydrogens (primary N) is 1. The molecule has 0 radical (unpaired) electrons. The fourth-order valence-corrected chi connectivity index (χ4v) is 0.746. The summed E-state index contributed by atoms with van der Waals surface area (Å²) in [4.78, 5) is 11.5. The van der Waals surface area contributed by atoms with E-state index in [0.717, 1.165) is 0 Å². The van der Waals surface area contributed by atoms with Crippen molar-refractivity contribution in [3.8, 4) is 0 Å². The van der Waals surface area contributed by atoms with Gasteiger partial charge >= 0.3 is 0 Å². The summed E-state index contributed by atoms with van der Waals surface area (Å²) in [7, 11) is 0. The molecule has 0 spiro atoms. The highest BCUT2D eigenvalue weighted by molar-refractivity contribution is 5.92. The van der Waals surface area contributed by atoms with Crippen LogP contribution in [0, 0.1) is 5.92 Å². The van der Waals surface area contributed by atoms with Crippen LogP contribution in [0.3, 0.4) is 0 Å². The predicted octanol–water partition coefficient (Wildman–Crippen LogP) is 1.70. The molecule has 0 saturated carbocycles. The molecule has 0 aliphatic rings. The summed E-state index contributed by atoms with van der Waals surface area (Å²) in [6, 6.07) is 0. The van der Waals surface area contributed by atoms with Gasteiger partial charge in [0.05, 0.1) is 5.54 Å². The summed E-state index contributed by atoms with van der Waals surface area (Å²) in [6.07, 6.45) is 0. The Labute approximate surface area is 80.6 Å². The largest absolute Gasteiger partial charge is 0.271 e. The first-order chi connectivity index (χ1) is 5.71. The molecule has 0 aliphatic carbocycles. The second kappa shape index (κ2) is 3.92. The molecule has 0 rings (SSSR count). The molecule has 3 heteroatoms. The molecule has 0 atom stereocenters. The number of carbonyl (C=O) groups excluding carboxylic acids is 1. The third-order valence-electron chi connectivity index (χ3n) is 2.62. The van der Waals surface area contributed by atoms with Crippen LogP contribution in [-0.4, -0.2) is 16.5 Å². The topological polar surface area (TPSA) is 46.3 Å². The number of nitrogens with zero attached hydrogens (tertiary/aromatic N) is 1. The van der Waals surface area contributed by atoms with E-state index in [0.29, 0.717) is 11.5 Å². The number of hydrogen-bond donors (Lipinski definition) is 1. The monoisotopic (exact) mass is 184 g/mol. The molecule has 76 valence electrons. The molecular weight excluding hydrogens is 164 g/mol. The molecule has 0 unspecified atom stereocenters. The SMILES string of the molecule is C=C(C)C(=O)N(N)C(C)(C)C(C)C. The van der Waals surface area contributed by atoms with Gasteiger partial charge in [0.25, 0.3) is 5.91 Å². The Morgan fingerprint density at radius 3 is 2.08 bits per heavy atom. The van der Waals surface area contributed by atoms with Crippen LogP contribution in [0.15, 0.2) is 12.2 Å². The van der Waals surface area contributed by atoms with Crippen LogP contribution in [-0.2, 0) is 4.79 Å². The van der Waals surface area contributed by atoms with E-state index in [9.17, 15) is 4.79 Å². The fourth-order valence-electron chi connectivity index (χ4n) is 0.746. The molecule has 13 heavy (non-hydrogen) atoms. The van der Waals surface area contributed by atoms with Crippen molar-refractivity contribution in [2.45, 2.75) is 40.2 Å². The summed E-state index contributed by atoms with van der Waals surface area (Å²) in [5.74, 6) is 5.83. The summed E-state index contributed by atoms with van der Waals surface area (Å²) in [6.45, 7) is 13.2. The Morgan fingerprint density at radius 2 is 1.85 bits per heavy atom. The van der Waals surface area contributed by atoms with Gasteiger partial charge in [0.2, 0.25) is 0 Å². The maximum atomic E-state index is 11.5. The zero-order chi connectivity index (χ0) is 10.8. The highest BCUT2D eigenvalue weighted by Crippen LogP contribution is 2.22. The standard InChI is InChI=1S/C10H20N2O/c1-7(2)9(13)12(11)10(5,6)8(3)4/h8H,1,11H2,2-6H3. The van der Waals surface area contributed by atoms with Crippen molar-refractivity contribution in [1.29, 1.82) is 0 Å². The lowest BCUT2D eigenvalue weighted by atomic mass is 9.89. The lowest BCUT2D eigenvalue weighted by molar-refractivity contribution is -0.134.